The molecule has 39 heavy (non-hydrogen) atoms. The molecule has 210 valence electrons. The molecule has 5 atom stereocenters. The second-order valence-electron chi connectivity index (χ2n) is 11.2. The number of hydrogen-bond donors (Lipinski definition) is 7. The zero-order valence-corrected chi connectivity index (χ0v) is 22.0. The molecule has 1 saturated carbocycles. The number of anilines is 1. The summed E-state index contributed by atoms with van der Waals surface area (Å²) in [5, 5.41) is 59.5. The molecule has 2 fully saturated rings. The maximum absolute atomic E-state index is 13.8. The normalized spacial score (nSPS) is 31.6. The van der Waals surface area contributed by atoms with E-state index in [-0.39, 0.29) is 22.9 Å². The zero-order valence-electron chi connectivity index (χ0n) is 22.0. The van der Waals surface area contributed by atoms with Crippen LogP contribution < -0.4 is 11.1 Å². The van der Waals surface area contributed by atoms with Crippen LogP contribution in [-0.4, -0.2) is 85.3 Å². The Labute approximate surface area is 225 Å². The van der Waals surface area contributed by atoms with Crippen molar-refractivity contribution in [3.8, 4) is 5.75 Å². The third-order valence-electron chi connectivity index (χ3n) is 8.99. The average Bonchev–Trinajstić information content (AvgIpc) is 2.89. The number of likely N-dealkylation sites (tertiary alicyclic amines) is 1. The number of aliphatic hydroxyl groups excluding tert-OH is 3. The van der Waals surface area contributed by atoms with Crippen LogP contribution in [0.3, 0.4) is 0 Å². The minimum atomic E-state index is -2.84. The molecule has 1 amide bonds. The lowest BCUT2D eigenvalue weighted by molar-refractivity contribution is -0.160. The van der Waals surface area contributed by atoms with Crippen molar-refractivity contribution in [3.05, 3.63) is 40.2 Å². The first-order chi connectivity index (χ1) is 18.4. The van der Waals surface area contributed by atoms with Crippen LogP contribution in [0.25, 0.3) is 5.76 Å². The van der Waals surface area contributed by atoms with E-state index < -0.39 is 70.4 Å². The fraction of sp³-hybridized carbons (Fsp3) is 0.536. The minimum Gasteiger partial charge on any atom is -0.508 e. The van der Waals surface area contributed by atoms with Crippen LogP contribution in [0.15, 0.2) is 29.0 Å². The number of fused-ring (bicyclic) bond motifs is 3. The Morgan fingerprint density at radius 1 is 1.18 bits per heavy atom. The molecule has 0 aromatic heterocycles. The van der Waals surface area contributed by atoms with Gasteiger partial charge in [-0.3, -0.25) is 14.4 Å². The first-order valence-electron chi connectivity index (χ1n) is 13.4. The molecule has 1 aromatic rings. The largest absolute Gasteiger partial charge is 0.508 e. The molecule has 0 spiro atoms. The molecule has 11 nitrogen and oxygen atoms in total. The highest BCUT2D eigenvalue weighted by molar-refractivity contribution is 6.23. The van der Waals surface area contributed by atoms with Gasteiger partial charge in [-0.15, -0.1) is 0 Å². The summed E-state index contributed by atoms with van der Waals surface area (Å²) in [4.78, 5) is 40.5. The van der Waals surface area contributed by atoms with E-state index in [2.05, 4.69) is 17.1 Å². The van der Waals surface area contributed by atoms with E-state index in [1.54, 1.807) is 19.1 Å². The molecule has 0 radical (unpaired) electrons. The number of phenolic OH excluding ortho intramolecular Hbond substituents is 1. The number of hydrogen-bond acceptors (Lipinski definition) is 10. The van der Waals surface area contributed by atoms with Gasteiger partial charge in [-0.1, -0.05) is 19.9 Å². The number of carbonyl (C=O) groups is 3. The van der Waals surface area contributed by atoms with E-state index in [0.717, 1.165) is 38.9 Å². The fourth-order valence-electron chi connectivity index (χ4n) is 6.95. The molecule has 0 bridgehead atoms. The van der Waals surface area contributed by atoms with Crippen molar-refractivity contribution in [2.24, 2.45) is 17.6 Å². The molecule has 1 heterocycles. The number of primary amides is 1. The number of nitrogens with two attached hydrogens (primary N) is 1. The molecule has 5 rings (SSSR count). The minimum absolute atomic E-state index is 0.00440. The second-order valence-corrected chi connectivity index (χ2v) is 11.2. The Morgan fingerprint density at radius 2 is 1.85 bits per heavy atom. The smallest absolute Gasteiger partial charge is 0.255 e. The molecule has 0 unspecified atom stereocenters. The highest BCUT2D eigenvalue weighted by atomic mass is 16.4. The third kappa shape index (κ3) is 3.94. The number of rotatable bonds is 5. The summed E-state index contributed by atoms with van der Waals surface area (Å²) >= 11 is 0. The molecular formula is C28H35N3O8. The van der Waals surface area contributed by atoms with Gasteiger partial charge in [0.2, 0.25) is 5.78 Å². The molecule has 1 aliphatic heterocycles. The molecule has 8 N–H and O–H groups in total. The summed E-state index contributed by atoms with van der Waals surface area (Å²) in [6, 6.07) is 3.51. The van der Waals surface area contributed by atoms with Gasteiger partial charge in [0.25, 0.3) is 5.91 Å². The summed E-state index contributed by atoms with van der Waals surface area (Å²) < 4.78 is 0. The number of aromatic hydroxyl groups is 1. The number of carbonyl (C=O) groups excluding carboxylic acids is 3. The lowest BCUT2D eigenvalue weighted by Crippen LogP contribution is -2.63. The SMILES string of the molecule is CCCN1CCC(Nc2ccc3c(c2O)C(O)=C2C(=O)[C@]4(O)C(O)=C(C(N)=O)C(=O)C[C@@H]4[C@@H](O)[C@@H]2[C@H]3C)CC1. The Morgan fingerprint density at radius 3 is 2.46 bits per heavy atom. The number of piperidine rings is 1. The summed E-state index contributed by atoms with van der Waals surface area (Å²) in [5.74, 6) is -8.59. The van der Waals surface area contributed by atoms with E-state index in [9.17, 15) is 39.9 Å². The van der Waals surface area contributed by atoms with Crippen LogP contribution in [0.5, 0.6) is 5.75 Å². The highest BCUT2D eigenvalue weighted by Crippen LogP contribution is 2.56. The average molecular weight is 542 g/mol. The summed E-state index contributed by atoms with van der Waals surface area (Å²) in [5.41, 5.74) is 1.95. The monoisotopic (exact) mass is 541 g/mol. The maximum Gasteiger partial charge on any atom is 0.255 e. The van der Waals surface area contributed by atoms with Crippen LogP contribution in [0, 0.1) is 11.8 Å². The van der Waals surface area contributed by atoms with Crippen molar-refractivity contribution < 1.29 is 39.9 Å². The fourth-order valence-corrected chi connectivity index (χ4v) is 6.95. The van der Waals surface area contributed by atoms with Gasteiger partial charge in [-0.25, -0.2) is 0 Å². The molecule has 3 aliphatic carbocycles. The van der Waals surface area contributed by atoms with Crippen molar-refractivity contribution >= 4 is 28.9 Å². The lowest BCUT2D eigenvalue weighted by Gasteiger charge is -2.50. The Balaban J connectivity index is 1.56. The number of ketones is 2. The van der Waals surface area contributed by atoms with Crippen LogP contribution in [0.1, 0.15) is 56.6 Å². The number of nitrogens with zero attached hydrogens (tertiary/aromatic N) is 1. The number of Topliss-reactive ketones (excluding diaryl/α,β-unsaturated/α-hetero) is 2. The quantitative estimate of drug-likeness (QED) is 0.211. The Hall–Kier alpha value is -3.41. The van der Waals surface area contributed by atoms with Crippen LogP contribution in [-0.2, 0) is 14.4 Å². The maximum atomic E-state index is 13.8. The summed E-state index contributed by atoms with van der Waals surface area (Å²) in [6.07, 6.45) is 0.679. The van der Waals surface area contributed by atoms with Crippen molar-refractivity contribution in [3.63, 3.8) is 0 Å². The van der Waals surface area contributed by atoms with Crippen molar-refractivity contribution in [1.82, 2.24) is 4.90 Å². The molecule has 1 saturated heterocycles. The van der Waals surface area contributed by atoms with Gasteiger partial charge in [0, 0.05) is 43.0 Å². The highest BCUT2D eigenvalue weighted by Gasteiger charge is 2.64. The number of aliphatic hydroxyl groups is 4. The predicted octanol–water partition coefficient (Wildman–Crippen LogP) is 1.24. The molecule has 11 heteroatoms. The Kier molecular flexibility index (Phi) is 6.72. The van der Waals surface area contributed by atoms with Crippen LogP contribution >= 0.6 is 0 Å². The number of benzene rings is 1. The molecule has 1 aromatic carbocycles. The van der Waals surface area contributed by atoms with Crippen LogP contribution in [0.4, 0.5) is 5.69 Å². The predicted molar refractivity (Wildman–Crippen MR) is 141 cm³/mol. The van der Waals surface area contributed by atoms with Gasteiger partial charge in [0.1, 0.15) is 22.8 Å². The van der Waals surface area contributed by atoms with Crippen molar-refractivity contribution in [1.29, 1.82) is 0 Å². The zero-order chi connectivity index (χ0) is 28.4. The number of nitrogens with one attached hydrogen (secondary N) is 1. The van der Waals surface area contributed by atoms with Gasteiger partial charge in [0.15, 0.2) is 11.4 Å². The second kappa shape index (κ2) is 9.65. The van der Waals surface area contributed by atoms with E-state index in [1.807, 2.05) is 0 Å². The van der Waals surface area contributed by atoms with Gasteiger partial charge in [0.05, 0.1) is 17.4 Å². The molecular weight excluding hydrogens is 506 g/mol. The van der Waals surface area contributed by atoms with Gasteiger partial charge in [-0.05, 0) is 43.4 Å². The standard InChI is InChI=1S/C28H35N3O8/c1-3-8-31-9-6-13(7-10-31)30-16-5-4-14-12(2)18-21(24(35)19(14)23(16)34)26(37)28(39)15(22(18)33)11-17(32)20(25(28)36)27(29)38/h4-5,12-13,15,18,22,30,33-36,39H,3,6-11H2,1-2H3,(H2,29,38)/t12-,15+,18+,22+,28+/m0/s1. The van der Waals surface area contributed by atoms with E-state index in [0.29, 0.717) is 11.3 Å². The van der Waals surface area contributed by atoms with E-state index in [1.165, 1.54) is 0 Å². The van der Waals surface area contributed by atoms with Crippen molar-refractivity contribution in [2.45, 2.75) is 63.2 Å². The number of amides is 1. The summed E-state index contributed by atoms with van der Waals surface area (Å²) in [6.45, 7) is 6.72. The van der Waals surface area contributed by atoms with Gasteiger partial charge < -0.3 is 41.5 Å². The first-order valence-corrected chi connectivity index (χ1v) is 13.4. The van der Waals surface area contributed by atoms with Crippen LogP contribution in [0.2, 0.25) is 0 Å². The molecule has 4 aliphatic rings. The van der Waals surface area contributed by atoms with Gasteiger partial charge >= 0.3 is 0 Å². The third-order valence-corrected chi connectivity index (χ3v) is 8.99. The first kappa shape index (κ1) is 27.2. The van der Waals surface area contributed by atoms with Crippen molar-refractivity contribution in [2.75, 3.05) is 25.0 Å². The summed E-state index contributed by atoms with van der Waals surface area (Å²) in [7, 11) is 0. The Bertz CT molecular complexity index is 1310. The van der Waals surface area contributed by atoms with E-state index >= 15 is 0 Å². The van der Waals surface area contributed by atoms with E-state index in [4.69, 9.17) is 5.73 Å². The lowest BCUT2D eigenvalue weighted by atomic mass is 9.55. The topological polar surface area (TPSA) is 194 Å². The number of phenols is 1. The van der Waals surface area contributed by atoms with Gasteiger partial charge in [-0.2, -0.15) is 0 Å².